The van der Waals surface area contributed by atoms with Crippen molar-refractivity contribution in [3.05, 3.63) is 30.1 Å². The Balaban J connectivity index is 1.59. The van der Waals surface area contributed by atoms with Gasteiger partial charge in [0.05, 0.1) is 24.9 Å². The van der Waals surface area contributed by atoms with Gasteiger partial charge in [0.1, 0.15) is 0 Å². The zero-order chi connectivity index (χ0) is 18.8. The summed E-state index contributed by atoms with van der Waals surface area (Å²) in [5.41, 5.74) is 3.28. The number of H-pyrrole nitrogens is 1. The molecule has 3 heterocycles. The quantitative estimate of drug-likeness (QED) is 0.614. The van der Waals surface area contributed by atoms with Crippen molar-refractivity contribution in [1.82, 2.24) is 14.9 Å². The van der Waals surface area contributed by atoms with Crippen molar-refractivity contribution >= 4 is 21.8 Å². The first-order valence-electron chi connectivity index (χ1n) is 10.0. The highest BCUT2D eigenvalue weighted by Crippen LogP contribution is 2.38. The summed E-state index contributed by atoms with van der Waals surface area (Å²) < 4.78 is 11.7. The molecule has 2 aromatic heterocycles. The molecular weight excluding hydrogens is 338 g/mol. The van der Waals surface area contributed by atoms with Crippen molar-refractivity contribution in [3.8, 4) is 11.5 Å². The van der Waals surface area contributed by atoms with Crippen LogP contribution in [-0.4, -0.2) is 48.2 Å². The predicted molar refractivity (Wildman–Crippen MR) is 110 cm³/mol. The molecule has 1 aromatic carbocycles. The molecule has 0 unspecified atom stereocenters. The predicted octanol–water partition coefficient (Wildman–Crippen LogP) is 4.71. The number of likely N-dealkylation sites (tertiary alicyclic amines) is 1. The molecule has 0 atom stereocenters. The number of ether oxygens (including phenoxy) is 2. The summed E-state index contributed by atoms with van der Waals surface area (Å²) in [4.78, 5) is 10.6. The minimum Gasteiger partial charge on any atom is -0.493 e. The standard InChI is InChI=1S/C22H29N3O2/c1-15(2)22-21-16-13-19(26-3)20(14-18(16)24-17(21)7-8-23-22)27-12-6-11-25-9-4-5-10-25/h7-8,13-15,24H,4-6,9-12H2,1-3H3. The van der Waals surface area contributed by atoms with Gasteiger partial charge in [-0.2, -0.15) is 0 Å². The summed E-state index contributed by atoms with van der Waals surface area (Å²) >= 11 is 0. The van der Waals surface area contributed by atoms with E-state index >= 15 is 0 Å². The average molecular weight is 367 g/mol. The van der Waals surface area contributed by atoms with E-state index < -0.39 is 0 Å². The van der Waals surface area contributed by atoms with Crippen LogP contribution in [0.2, 0.25) is 0 Å². The molecule has 1 fully saturated rings. The van der Waals surface area contributed by atoms with Crippen LogP contribution in [-0.2, 0) is 0 Å². The van der Waals surface area contributed by atoms with Crippen LogP contribution in [0.5, 0.6) is 11.5 Å². The molecule has 0 aliphatic carbocycles. The maximum absolute atomic E-state index is 6.08. The Bertz CT molecular complexity index is 926. The molecule has 27 heavy (non-hydrogen) atoms. The van der Waals surface area contributed by atoms with Gasteiger partial charge in [0, 0.05) is 35.1 Å². The Morgan fingerprint density at radius 3 is 2.70 bits per heavy atom. The van der Waals surface area contributed by atoms with Crippen molar-refractivity contribution < 1.29 is 9.47 Å². The molecule has 0 spiro atoms. The number of pyridine rings is 1. The lowest BCUT2D eigenvalue weighted by Gasteiger charge is -2.15. The van der Waals surface area contributed by atoms with Gasteiger partial charge >= 0.3 is 0 Å². The van der Waals surface area contributed by atoms with Gasteiger partial charge in [0.2, 0.25) is 0 Å². The first kappa shape index (κ1) is 18.1. The minimum atomic E-state index is 0.361. The summed E-state index contributed by atoms with van der Waals surface area (Å²) in [5.74, 6) is 1.94. The van der Waals surface area contributed by atoms with E-state index in [9.17, 15) is 0 Å². The third kappa shape index (κ3) is 3.61. The molecule has 3 aromatic rings. The van der Waals surface area contributed by atoms with Crippen molar-refractivity contribution in [3.63, 3.8) is 0 Å². The van der Waals surface area contributed by atoms with E-state index in [-0.39, 0.29) is 0 Å². The minimum absolute atomic E-state index is 0.361. The molecule has 0 amide bonds. The number of hydrogen-bond acceptors (Lipinski definition) is 4. The zero-order valence-corrected chi connectivity index (χ0v) is 16.5. The second-order valence-electron chi connectivity index (χ2n) is 7.70. The first-order valence-corrected chi connectivity index (χ1v) is 10.0. The fourth-order valence-corrected chi connectivity index (χ4v) is 4.07. The normalized spacial score (nSPS) is 15.3. The lowest BCUT2D eigenvalue weighted by Crippen LogP contribution is -2.21. The molecule has 5 nitrogen and oxygen atoms in total. The van der Waals surface area contributed by atoms with E-state index in [1.165, 1.54) is 31.3 Å². The Morgan fingerprint density at radius 1 is 1.15 bits per heavy atom. The fourth-order valence-electron chi connectivity index (χ4n) is 4.07. The van der Waals surface area contributed by atoms with E-state index in [4.69, 9.17) is 9.47 Å². The number of fused-ring (bicyclic) bond motifs is 3. The van der Waals surface area contributed by atoms with Gasteiger partial charge in [-0.3, -0.25) is 4.98 Å². The fraction of sp³-hybridized carbons (Fsp3) is 0.500. The Kier molecular flexibility index (Phi) is 5.21. The van der Waals surface area contributed by atoms with Crippen LogP contribution in [0.3, 0.4) is 0 Å². The lowest BCUT2D eigenvalue weighted by molar-refractivity contribution is 0.254. The van der Waals surface area contributed by atoms with E-state index in [1.54, 1.807) is 7.11 Å². The molecule has 0 bridgehead atoms. The lowest BCUT2D eigenvalue weighted by atomic mass is 10.0. The van der Waals surface area contributed by atoms with Gasteiger partial charge in [0.15, 0.2) is 11.5 Å². The molecule has 1 aliphatic heterocycles. The molecule has 4 rings (SSSR count). The number of aromatic amines is 1. The molecule has 5 heteroatoms. The number of nitrogens with one attached hydrogen (secondary N) is 1. The second-order valence-corrected chi connectivity index (χ2v) is 7.70. The molecule has 0 saturated carbocycles. The Hall–Kier alpha value is -2.27. The molecule has 0 radical (unpaired) electrons. The number of nitrogens with zero attached hydrogens (tertiary/aromatic N) is 2. The molecular formula is C22H29N3O2. The SMILES string of the molecule is COc1cc2c(cc1OCCCN1CCCC1)[nH]c1ccnc(C(C)C)c12. The van der Waals surface area contributed by atoms with Crippen LogP contribution in [0.25, 0.3) is 21.8 Å². The monoisotopic (exact) mass is 367 g/mol. The van der Waals surface area contributed by atoms with Crippen LogP contribution in [0.1, 0.15) is 44.7 Å². The highest BCUT2D eigenvalue weighted by atomic mass is 16.5. The Labute approximate surface area is 160 Å². The largest absolute Gasteiger partial charge is 0.493 e. The van der Waals surface area contributed by atoms with Crippen molar-refractivity contribution in [1.29, 1.82) is 0 Å². The van der Waals surface area contributed by atoms with Crippen LogP contribution < -0.4 is 9.47 Å². The highest BCUT2D eigenvalue weighted by Gasteiger charge is 2.16. The molecule has 1 aliphatic rings. The summed E-state index contributed by atoms with van der Waals surface area (Å²) in [7, 11) is 1.70. The topological polar surface area (TPSA) is 50.4 Å². The van der Waals surface area contributed by atoms with E-state index in [2.05, 4.69) is 40.8 Å². The number of methoxy groups -OCH3 is 1. The van der Waals surface area contributed by atoms with Gasteiger partial charge in [-0.05, 0) is 50.4 Å². The van der Waals surface area contributed by atoms with Crippen molar-refractivity contribution in [2.75, 3.05) is 33.4 Å². The van der Waals surface area contributed by atoms with E-state index in [0.717, 1.165) is 46.6 Å². The maximum atomic E-state index is 6.08. The Morgan fingerprint density at radius 2 is 1.96 bits per heavy atom. The first-order chi connectivity index (χ1) is 13.2. The third-order valence-electron chi connectivity index (χ3n) is 5.44. The highest BCUT2D eigenvalue weighted by molar-refractivity contribution is 6.09. The van der Waals surface area contributed by atoms with Crippen LogP contribution >= 0.6 is 0 Å². The van der Waals surface area contributed by atoms with Crippen LogP contribution in [0.4, 0.5) is 0 Å². The molecule has 144 valence electrons. The summed E-state index contributed by atoms with van der Waals surface area (Å²) in [5, 5.41) is 2.32. The number of hydrogen-bond donors (Lipinski definition) is 1. The van der Waals surface area contributed by atoms with Crippen LogP contribution in [0.15, 0.2) is 24.4 Å². The molecule has 1 N–H and O–H groups in total. The maximum Gasteiger partial charge on any atom is 0.163 e. The van der Waals surface area contributed by atoms with Crippen molar-refractivity contribution in [2.24, 2.45) is 0 Å². The van der Waals surface area contributed by atoms with Gasteiger partial charge in [-0.1, -0.05) is 13.8 Å². The van der Waals surface area contributed by atoms with E-state index in [1.807, 2.05) is 12.3 Å². The number of rotatable bonds is 7. The number of benzene rings is 1. The summed E-state index contributed by atoms with van der Waals surface area (Å²) in [6.07, 6.45) is 5.58. The zero-order valence-electron chi connectivity index (χ0n) is 16.5. The smallest absolute Gasteiger partial charge is 0.163 e. The van der Waals surface area contributed by atoms with Gasteiger partial charge in [-0.25, -0.2) is 0 Å². The van der Waals surface area contributed by atoms with Crippen LogP contribution in [0, 0.1) is 0 Å². The van der Waals surface area contributed by atoms with Gasteiger partial charge in [-0.15, -0.1) is 0 Å². The second kappa shape index (κ2) is 7.77. The number of aromatic nitrogens is 2. The van der Waals surface area contributed by atoms with Gasteiger partial charge < -0.3 is 19.4 Å². The average Bonchev–Trinajstić information content (AvgIpc) is 3.31. The van der Waals surface area contributed by atoms with E-state index in [0.29, 0.717) is 12.5 Å². The third-order valence-corrected chi connectivity index (χ3v) is 5.44. The van der Waals surface area contributed by atoms with Crippen molar-refractivity contribution in [2.45, 2.75) is 39.0 Å². The van der Waals surface area contributed by atoms with Gasteiger partial charge in [0.25, 0.3) is 0 Å². The summed E-state index contributed by atoms with van der Waals surface area (Å²) in [6, 6.07) is 6.18. The summed E-state index contributed by atoms with van der Waals surface area (Å²) in [6.45, 7) is 8.64. The molecule has 1 saturated heterocycles.